The van der Waals surface area contributed by atoms with Crippen LogP contribution < -0.4 is 10.6 Å². The minimum atomic E-state index is -4.64. The summed E-state index contributed by atoms with van der Waals surface area (Å²) >= 11 is 0. The highest BCUT2D eigenvalue weighted by atomic mass is 19.4. The van der Waals surface area contributed by atoms with E-state index in [9.17, 15) is 23.1 Å². The van der Waals surface area contributed by atoms with E-state index in [0.717, 1.165) is 31.9 Å². The number of rotatable bonds is 4. The van der Waals surface area contributed by atoms with Crippen molar-refractivity contribution in [2.75, 3.05) is 6.54 Å². The van der Waals surface area contributed by atoms with Gasteiger partial charge in [0, 0.05) is 25.4 Å². The van der Waals surface area contributed by atoms with Gasteiger partial charge in [-0.2, -0.15) is 18.3 Å². The summed E-state index contributed by atoms with van der Waals surface area (Å²) in [5.74, 6) is 0. The Hall–Kier alpha value is -1.77. The van der Waals surface area contributed by atoms with Crippen molar-refractivity contribution in [3.05, 3.63) is 18.0 Å². The number of amides is 2. The summed E-state index contributed by atoms with van der Waals surface area (Å²) in [5, 5.41) is 18.4. The largest absolute Gasteiger partial charge is 0.413 e. The Labute approximate surface area is 138 Å². The van der Waals surface area contributed by atoms with E-state index in [4.69, 9.17) is 0 Å². The summed E-state index contributed by atoms with van der Waals surface area (Å²) in [6, 6.07) is -3.10. The minimum Gasteiger partial charge on any atom is -0.388 e. The van der Waals surface area contributed by atoms with Gasteiger partial charge < -0.3 is 15.7 Å². The zero-order chi connectivity index (χ0) is 17.8. The van der Waals surface area contributed by atoms with Gasteiger partial charge >= 0.3 is 12.2 Å². The van der Waals surface area contributed by atoms with Crippen molar-refractivity contribution in [3.63, 3.8) is 0 Å². The van der Waals surface area contributed by atoms with Crippen LogP contribution in [0.15, 0.2) is 12.4 Å². The molecule has 6 nitrogen and oxygen atoms in total. The molecule has 1 aliphatic rings. The molecule has 1 heterocycles. The fourth-order valence-electron chi connectivity index (χ4n) is 2.93. The van der Waals surface area contributed by atoms with Crippen molar-refractivity contribution < 1.29 is 23.1 Å². The highest BCUT2D eigenvalue weighted by Gasteiger charge is 2.43. The van der Waals surface area contributed by atoms with Crippen molar-refractivity contribution in [1.29, 1.82) is 0 Å². The predicted molar refractivity (Wildman–Crippen MR) is 81.2 cm³/mol. The van der Waals surface area contributed by atoms with Gasteiger partial charge in [-0.05, 0) is 12.8 Å². The topological polar surface area (TPSA) is 79.2 Å². The third-order valence-electron chi connectivity index (χ3n) is 4.27. The van der Waals surface area contributed by atoms with Crippen molar-refractivity contribution in [2.24, 2.45) is 7.05 Å². The molecule has 0 spiro atoms. The van der Waals surface area contributed by atoms with E-state index < -0.39 is 23.9 Å². The number of nitrogens with one attached hydrogen (secondary N) is 2. The van der Waals surface area contributed by atoms with Gasteiger partial charge in [0.25, 0.3) is 0 Å². The van der Waals surface area contributed by atoms with Gasteiger partial charge in [-0.15, -0.1) is 0 Å². The first-order valence-corrected chi connectivity index (χ1v) is 8.02. The quantitative estimate of drug-likeness (QED) is 0.731. The lowest BCUT2D eigenvalue weighted by atomic mass is 9.94. The standard InChI is InChI=1S/C15H23F3N4O2/c1-22-9-11(8-20-22)12(15(16,17)18)21-13(23)19-10-14(24)6-4-2-3-5-7-14/h8-9,12,24H,2-7,10H2,1H3,(H2,19,21,23)/t12-/m0/s1. The molecule has 1 aromatic rings. The summed E-state index contributed by atoms with van der Waals surface area (Å²) in [5.41, 5.74) is -1.19. The van der Waals surface area contributed by atoms with Crippen molar-refractivity contribution >= 4 is 6.03 Å². The highest BCUT2D eigenvalue weighted by Crippen LogP contribution is 2.32. The Kier molecular flexibility index (Phi) is 5.74. The van der Waals surface area contributed by atoms with Gasteiger partial charge in [-0.1, -0.05) is 25.7 Å². The molecular formula is C15H23F3N4O2. The molecular weight excluding hydrogens is 325 g/mol. The number of aryl methyl sites for hydroxylation is 1. The molecule has 1 aromatic heterocycles. The van der Waals surface area contributed by atoms with Crippen LogP contribution in [0, 0.1) is 0 Å². The number of carbonyl (C=O) groups is 1. The summed E-state index contributed by atoms with van der Waals surface area (Å²) in [4.78, 5) is 11.9. The number of nitrogens with zero attached hydrogens (tertiary/aromatic N) is 2. The molecule has 2 amide bonds. The Bertz CT molecular complexity index is 551. The van der Waals surface area contributed by atoms with Crippen molar-refractivity contribution in [1.82, 2.24) is 20.4 Å². The molecule has 0 aromatic carbocycles. The molecule has 2 rings (SSSR count). The molecule has 0 radical (unpaired) electrons. The van der Waals surface area contributed by atoms with Crippen LogP contribution in [0.2, 0.25) is 0 Å². The Balaban J connectivity index is 1.95. The fraction of sp³-hybridized carbons (Fsp3) is 0.733. The summed E-state index contributed by atoms with van der Waals surface area (Å²) in [6.07, 6.45) is 2.45. The first-order chi connectivity index (χ1) is 11.2. The van der Waals surface area contributed by atoms with Crippen LogP contribution in [0.5, 0.6) is 0 Å². The average molecular weight is 348 g/mol. The summed E-state index contributed by atoms with van der Waals surface area (Å²) in [6.45, 7) is -0.0591. The number of carbonyl (C=O) groups excluding carboxylic acids is 1. The zero-order valence-electron chi connectivity index (χ0n) is 13.6. The smallest absolute Gasteiger partial charge is 0.388 e. The number of hydrogen-bond donors (Lipinski definition) is 3. The van der Waals surface area contributed by atoms with Gasteiger partial charge in [0.15, 0.2) is 6.04 Å². The lowest BCUT2D eigenvalue weighted by Gasteiger charge is -2.27. The Morgan fingerprint density at radius 1 is 1.38 bits per heavy atom. The Morgan fingerprint density at radius 3 is 2.50 bits per heavy atom. The van der Waals surface area contributed by atoms with E-state index in [1.54, 1.807) is 0 Å². The van der Waals surface area contributed by atoms with Crippen molar-refractivity contribution in [3.8, 4) is 0 Å². The van der Waals surface area contributed by atoms with E-state index in [1.807, 2.05) is 5.32 Å². The SMILES string of the molecule is Cn1cc([C@H](NC(=O)NCC2(O)CCCCCC2)C(F)(F)F)cn1. The molecule has 136 valence electrons. The predicted octanol–water partition coefficient (Wildman–Crippen LogP) is 2.41. The van der Waals surface area contributed by atoms with Crippen LogP contribution in [0.3, 0.4) is 0 Å². The van der Waals surface area contributed by atoms with E-state index >= 15 is 0 Å². The fourth-order valence-corrected chi connectivity index (χ4v) is 2.93. The minimum absolute atomic E-state index is 0.0591. The van der Waals surface area contributed by atoms with Crippen molar-refractivity contribution in [2.45, 2.75) is 56.3 Å². The number of halogens is 3. The third kappa shape index (κ3) is 5.12. The normalized spacial score (nSPS) is 19.4. The first-order valence-electron chi connectivity index (χ1n) is 8.02. The monoisotopic (exact) mass is 348 g/mol. The number of urea groups is 1. The molecule has 1 aliphatic carbocycles. The second kappa shape index (κ2) is 7.42. The Morgan fingerprint density at radius 2 is 2.00 bits per heavy atom. The summed E-state index contributed by atoms with van der Waals surface area (Å²) < 4.78 is 40.7. The molecule has 9 heteroatoms. The van der Waals surface area contributed by atoms with Gasteiger partial charge in [-0.3, -0.25) is 4.68 Å². The molecule has 1 atom stereocenters. The van der Waals surface area contributed by atoms with E-state index in [0.29, 0.717) is 12.8 Å². The number of alkyl halides is 3. The second-order valence-electron chi connectivity index (χ2n) is 6.39. The average Bonchev–Trinajstić information content (AvgIpc) is 2.79. The molecule has 0 saturated heterocycles. The van der Waals surface area contributed by atoms with E-state index in [1.165, 1.54) is 17.9 Å². The molecule has 0 bridgehead atoms. The van der Waals surface area contributed by atoms with Crippen LogP contribution in [-0.4, -0.2) is 39.2 Å². The summed E-state index contributed by atoms with van der Waals surface area (Å²) in [7, 11) is 1.50. The molecule has 0 aliphatic heterocycles. The van der Waals surface area contributed by atoms with Crippen LogP contribution in [0.4, 0.5) is 18.0 Å². The number of hydrogen-bond acceptors (Lipinski definition) is 3. The first kappa shape index (κ1) is 18.6. The van der Waals surface area contributed by atoms with Crippen LogP contribution >= 0.6 is 0 Å². The van der Waals surface area contributed by atoms with Gasteiger partial charge in [-0.25, -0.2) is 4.79 Å². The maximum atomic E-state index is 13.2. The van der Waals surface area contributed by atoms with Gasteiger partial charge in [0.2, 0.25) is 0 Å². The highest BCUT2D eigenvalue weighted by molar-refractivity contribution is 5.74. The van der Waals surface area contributed by atoms with E-state index in [2.05, 4.69) is 10.4 Å². The molecule has 3 N–H and O–H groups in total. The molecule has 24 heavy (non-hydrogen) atoms. The second-order valence-corrected chi connectivity index (χ2v) is 6.39. The molecule has 1 fully saturated rings. The number of aliphatic hydroxyl groups is 1. The lowest BCUT2D eigenvalue weighted by molar-refractivity contribution is -0.155. The third-order valence-corrected chi connectivity index (χ3v) is 4.27. The van der Waals surface area contributed by atoms with Crippen LogP contribution in [0.1, 0.15) is 50.1 Å². The van der Waals surface area contributed by atoms with E-state index in [-0.39, 0.29) is 12.1 Å². The van der Waals surface area contributed by atoms with Gasteiger partial charge in [0.1, 0.15) is 0 Å². The maximum absolute atomic E-state index is 13.2. The lowest BCUT2D eigenvalue weighted by Crippen LogP contribution is -2.49. The zero-order valence-corrected chi connectivity index (χ0v) is 13.6. The maximum Gasteiger partial charge on any atom is 0.413 e. The van der Waals surface area contributed by atoms with Crippen LogP contribution in [-0.2, 0) is 7.05 Å². The van der Waals surface area contributed by atoms with Gasteiger partial charge in [0.05, 0.1) is 11.8 Å². The number of aromatic nitrogens is 2. The molecule has 0 unspecified atom stereocenters. The van der Waals surface area contributed by atoms with Crippen LogP contribution in [0.25, 0.3) is 0 Å². The molecule has 1 saturated carbocycles.